The molecule has 0 radical (unpaired) electrons. The molecular formula is C11H12F2N2. The van der Waals surface area contributed by atoms with Gasteiger partial charge >= 0.3 is 0 Å². The van der Waals surface area contributed by atoms with Gasteiger partial charge in [0, 0.05) is 12.0 Å². The van der Waals surface area contributed by atoms with Gasteiger partial charge in [0.05, 0.1) is 11.0 Å². The molecule has 1 aromatic carbocycles. The fourth-order valence-electron chi connectivity index (χ4n) is 1.57. The summed E-state index contributed by atoms with van der Waals surface area (Å²) in [6, 6.07) is 4.53. The maximum Gasteiger partial charge on any atom is 0.273 e. The molecule has 2 aromatic rings. The van der Waals surface area contributed by atoms with Crippen molar-refractivity contribution < 1.29 is 8.78 Å². The summed E-state index contributed by atoms with van der Waals surface area (Å²) in [7, 11) is 0. The van der Waals surface area contributed by atoms with E-state index in [2.05, 4.69) is 9.97 Å². The molecular weight excluding hydrogens is 198 g/mol. The molecule has 1 N–H and O–H groups in total. The maximum absolute atomic E-state index is 13.4. The van der Waals surface area contributed by atoms with E-state index in [9.17, 15) is 8.78 Å². The normalized spacial score (nSPS) is 12.3. The highest BCUT2D eigenvalue weighted by Crippen LogP contribution is 2.32. The van der Waals surface area contributed by atoms with Crippen LogP contribution in [0.3, 0.4) is 0 Å². The van der Waals surface area contributed by atoms with Crippen molar-refractivity contribution in [1.29, 1.82) is 0 Å². The highest BCUT2D eigenvalue weighted by Gasteiger charge is 2.29. The van der Waals surface area contributed by atoms with Crippen LogP contribution in [-0.2, 0) is 5.92 Å². The number of aromatic nitrogens is 2. The van der Waals surface area contributed by atoms with Gasteiger partial charge in [0.1, 0.15) is 5.82 Å². The third-order valence-electron chi connectivity index (χ3n) is 2.47. The number of nitrogens with one attached hydrogen (secondary N) is 1. The molecule has 0 amide bonds. The number of halogens is 2. The van der Waals surface area contributed by atoms with Gasteiger partial charge in [-0.1, -0.05) is 13.0 Å². The molecule has 2 rings (SSSR count). The SMILES string of the molecule is CCC(F)(F)c1ccc2nc(C)[nH]c2c1. The minimum atomic E-state index is -2.76. The molecule has 1 heterocycles. The molecule has 15 heavy (non-hydrogen) atoms. The van der Waals surface area contributed by atoms with Gasteiger partial charge in [-0.3, -0.25) is 0 Å². The largest absolute Gasteiger partial charge is 0.342 e. The molecule has 0 saturated carbocycles. The number of benzene rings is 1. The summed E-state index contributed by atoms with van der Waals surface area (Å²) in [5.74, 6) is -2.02. The Kier molecular flexibility index (Phi) is 2.21. The number of alkyl halides is 2. The number of rotatable bonds is 2. The lowest BCUT2D eigenvalue weighted by Crippen LogP contribution is -2.10. The Balaban J connectivity index is 2.55. The molecule has 0 bridgehead atoms. The first kappa shape index (κ1) is 10.1. The zero-order chi connectivity index (χ0) is 11.1. The maximum atomic E-state index is 13.4. The summed E-state index contributed by atoms with van der Waals surface area (Å²) in [5.41, 5.74) is 1.43. The average molecular weight is 210 g/mol. The average Bonchev–Trinajstić information content (AvgIpc) is 2.56. The second-order valence-corrected chi connectivity index (χ2v) is 3.61. The van der Waals surface area contributed by atoms with Crippen molar-refractivity contribution in [3.05, 3.63) is 29.6 Å². The lowest BCUT2D eigenvalue weighted by atomic mass is 10.1. The molecule has 0 aliphatic carbocycles. The first-order valence-electron chi connectivity index (χ1n) is 4.87. The monoisotopic (exact) mass is 210 g/mol. The number of H-pyrrole nitrogens is 1. The lowest BCUT2D eigenvalue weighted by Gasteiger charge is -2.13. The Morgan fingerprint density at radius 3 is 2.80 bits per heavy atom. The Hall–Kier alpha value is -1.45. The molecule has 1 aromatic heterocycles. The van der Waals surface area contributed by atoms with Crippen molar-refractivity contribution in [1.82, 2.24) is 9.97 Å². The van der Waals surface area contributed by atoms with E-state index in [1.807, 2.05) is 0 Å². The van der Waals surface area contributed by atoms with Gasteiger partial charge in [-0.15, -0.1) is 0 Å². The fourth-order valence-corrected chi connectivity index (χ4v) is 1.57. The van der Waals surface area contributed by atoms with E-state index in [0.29, 0.717) is 5.52 Å². The Morgan fingerprint density at radius 2 is 2.13 bits per heavy atom. The number of hydrogen-bond acceptors (Lipinski definition) is 1. The van der Waals surface area contributed by atoms with Crippen molar-refractivity contribution in [2.24, 2.45) is 0 Å². The quantitative estimate of drug-likeness (QED) is 0.808. The van der Waals surface area contributed by atoms with Crippen LogP contribution in [0.5, 0.6) is 0 Å². The zero-order valence-corrected chi connectivity index (χ0v) is 8.64. The first-order valence-corrected chi connectivity index (χ1v) is 4.87. The molecule has 0 spiro atoms. The smallest absolute Gasteiger partial charge is 0.273 e. The first-order chi connectivity index (χ1) is 7.03. The van der Waals surface area contributed by atoms with Crippen LogP contribution in [0.15, 0.2) is 18.2 Å². The Morgan fingerprint density at radius 1 is 1.40 bits per heavy atom. The predicted octanol–water partition coefficient (Wildman–Crippen LogP) is 3.37. The van der Waals surface area contributed by atoms with Crippen LogP contribution in [0.1, 0.15) is 24.7 Å². The van der Waals surface area contributed by atoms with Crippen molar-refractivity contribution in [3.8, 4) is 0 Å². The minimum Gasteiger partial charge on any atom is -0.342 e. The lowest BCUT2D eigenvalue weighted by molar-refractivity contribution is -0.00816. The van der Waals surface area contributed by atoms with E-state index >= 15 is 0 Å². The number of aromatic amines is 1. The summed E-state index contributed by atoms with van der Waals surface area (Å²) >= 11 is 0. The van der Waals surface area contributed by atoms with Crippen LogP contribution in [0.25, 0.3) is 11.0 Å². The van der Waals surface area contributed by atoms with Gasteiger partial charge in [-0.2, -0.15) is 0 Å². The molecule has 0 saturated heterocycles. The van der Waals surface area contributed by atoms with Crippen LogP contribution in [0.4, 0.5) is 8.78 Å². The van der Waals surface area contributed by atoms with Crippen molar-refractivity contribution in [2.75, 3.05) is 0 Å². The van der Waals surface area contributed by atoms with Gasteiger partial charge in [-0.25, -0.2) is 13.8 Å². The van der Waals surface area contributed by atoms with E-state index in [1.54, 1.807) is 13.0 Å². The third-order valence-corrected chi connectivity index (χ3v) is 2.47. The van der Waals surface area contributed by atoms with Crippen molar-refractivity contribution in [2.45, 2.75) is 26.2 Å². The van der Waals surface area contributed by atoms with Gasteiger partial charge in [0.15, 0.2) is 0 Å². The van der Waals surface area contributed by atoms with Crippen LogP contribution in [0, 0.1) is 6.92 Å². The summed E-state index contributed by atoms with van der Waals surface area (Å²) in [6.45, 7) is 3.28. The molecule has 0 atom stereocenters. The predicted molar refractivity (Wildman–Crippen MR) is 55.0 cm³/mol. The van der Waals surface area contributed by atoms with Crippen LogP contribution in [0.2, 0.25) is 0 Å². The molecule has 4 heteroatoms. The third kappa shape index (κ3) is 1.71. The Labute approximate surface area is 86.3 Å². The number of nitrogens with zero attached hydrogens (tertiary/aromatic N) is 1. The van der Waals surface area contributed by atoms with Crippen LogP contribution >= 0.6 is 0 Å². The summed E-state index contributed by atoms with van der Waals surface area (Å²) in [4.78, 5) is 7.11. The number of imidazole rings is 1. The van der Waals surface area contributed by atoms with Crippen LogP contribution in [-0.4, -0.2) is 9.97 Å². The molecule has 2 nitrogen and oxygen atoms in total. The summed E-state index contributed by atoms with van der Waals surface area (Å²) in [6.07, 6.45) is -0.189. The fraction of sp³-hybridized carbons (Fsp3) is 0.364. The molecule has 0 aliphatic heterocycles. The summed E-state index contributed by atoms with van der Waals surface area (Å²) < 4.78 is 26.8. The van der Waals surface area contributed by atoms with Gasteiger partial charge < -0.3 is 4.98 Å². The molecule has 0 aliphatic rings. The highest BCUT2D eigenvalue weighted by molar-refractivity contribution is 5.76. The second-order valence-electron chi connectivity index (χ2n) is 3.61. The summed E-state index contributed by atoms with van der Waals surface area (Å²) in [5, 5.41) is 0. The van der Waals surface area contributed by atoms with Gasteiger partial charge in [0.25, 0.3) is 5.92 Å². The molecule has 0 unspecified atom stereocenters. The topological polar surface area (TPSA) is 28.7 Å². The van der Waals surface area contributed by atoms with Gasteiger partial charge in [0.2, 0.25) is 0 Å². The molecule has 0 fully saturated rings. The van der Waals surface area contributed by atoms with E-state index in [1.165, 1.54) is 19.1 Å². The molecule has 80 valence electrons. The van der Waals surface area contributed by atoms with E-state index in [0.717, 1.165) is 11.3 Å². The Bertz CT molecular complexity index is 488. The van der Waals surface area contributed by atoms with Gasteiger partial charge in [-0.05, 0) is 19.1 Å². The van der Waals surface area contributed by atoms with E-state index < -0.39 is 5.92 Å². The highest BCUT2D eigenvalue weighted by atomic mass is 19.3. The zero-order valence-electron chi connectivity index (χ0n) is 8.64. The van der Waals surface area contributed by atoms with Crippen molar-refractivity contribution >= 4 is 11.0 Å². The van der Waals surface area contributed by atoms with Crippen molar-refractivity contribution in [3.63, 3.8) is 0 Å². The second kappa shape index (κ2) is 3.29. The number of aryl methyl sites for hydroxylation is 1. The van der Waals surface area contributed by atoms with E-state index in [-0.39, 0.29) is 12.0 Å². The standard InChI is InChI=1S/C11H12F2N2/c1-3-11(12,13)8-4-5-9-10(6-8)15-7(2)14-9/h4-6H,3H2,1-2H3,(H,14,15). The minimum absolute atomic E-state index is 0.0427. The van der Waals surface area contributed by atoms with E-state index in [4.69, 9.17) is 0 Å². The van der Waals surface area contributed by atoms with Crippen LogP contribution < -0.4 is 0 Å². The number of fused-ring (bicyclic) bond motifs is 1. The number of hydrogen-bond donors (Lipinski definition) is 1.